The zero-order valence-corrected chi connectivity index (χ0v) is 12.6. The number of rotatable bonds is 2. The van der Waals surface area contributed by atoms with Gasteiger partial charge in [0.2, 0.25) is 5.91 Å². The number of amides is 1. The van der Waals surface area contributed by atoms with Crippen LogP contribution in [0.2, 0.25) is 0 Å². The average molecular weight is 300 g/mol. The largest absolute Gasteiger partial charge is 0.378 e. The molecule has 1 aromatic rings. The van der Waals surface area contributed by atoms with Gasteiger partial charge in [0.1, 0.15) is 17.6 Å². The molecular weight excluding hydrogens is 280 g/mol. The van der Waals surface area contributed by atoms with Gasteiger partial charge in [-0.15, -0.1) is 0 Å². The Hall–Kier alpha value is -2.13. The lowest BCUT2D eigenvalue weighted by molar-refractivity contribution is -0.139. The van der Waals surface area contributed by atoms with Crippen LogP contribution in [-0.2, 0) is 9.53 Å². The smallest absolute Gasteiger partial charge is 0.227 e. The van der Waals surface area contributed by atoms with E-state index in [1.54, 1.807) is 6.07 Å². The van der Waals surface area contributed by atoms with Crippen LogP contribution in [0.15, 0.2) is 18.2 Å². The molecule has 6 nitrogen and oxygen atoms in total. The fourth-order valence-corrected chi connectivity index (χ4v) is 3.09. The van der Waals surface area contributed by atoms with Crippen LogP contribution in [0.3, 0.4) is 0 Å². The summed E-state index contributed by atoms with van der Waals surface area (Å²) in [6.07, 6.45) is 1.89. The maximum absolute atomic E-state index is 12.6. The van der Waals surface area contributed by atoms with Gasteiger partial charge < -0.3 is 14.5 Å². The molecule has 116 valence electrons. The summed E-state index contributed by atoms with van der Waals surface area (Å²) in [4.78, 5) is 21.0. The number of nitriles is 1. The van der Waals surface area contributed by atoms with Crippen molar-refractivity contribution in [3.8, 4) is 6.07 Å². The van der Waals surface area contributed by atoms with E-state index in [9.17, 15) is 4.79 Å². The maximum Gasteiger partial charge on any atom is 0.227 e. The Labute approximate surface area is 130 Å². The van der Waals surface area contributed by atoms with Gasteiger partial charge in [-0.2, -0.15) is 5.26 Å². The van der Waals surface area contributed by atoms with Crippen molar-refractivity contribution in [3.63, 3.8) is 0 Å². The van der Waals surface area contributed by atoms with Crippen LogP contribution in [0.4, 0.5) is 5.82 Å². The number of carbonyl (C=O) groups is 1. The molecule has 6 heteroatoms. The van der Waals surface area contributed by atoms with Crippen molar-refractivity contribution in [3.05, 3.63) is 23.9 Å². The first-order valence-corrected chi connectivity index (χ1v) is 7.76. The maximum atomic E-state index is 12.6. The lowest BCUT2D eigenvalue weighted by atomic mass is 9.96. The Morgan fingerprint density at radius 2 is 2.14 bits per heavy atom. The fraction of sp³-hybridized carbons (Fsp3) is 0.562. The summed E-state index contributed by atoms with van der Waals surface area (Å²) in [5.74, 6) is 1.03. The third kappa shape index (κ3) is 3.20. The van der Waals surface area contributed by atoms with E-state index < -0.39 is 0 Å². The summed E-state index contributed by atoms with van der Waals surface area (Å²) in [5.41, 5.74) is 0.416. The van der Waals surface area contributed by atoms with E-state index in [2.05, 4.69) is 16.0 Å². The van der Waals surface area contributed by atoms with Gasteiger partial charge in [0.25, 0.3) is 0 Å². The van der Waals surface area contributed by atoms with E-state index in [1.165, 1.54) is 0 Å². The minimum absolute atomic E-state index is 0.0133. The molecule has 1 amide bonds. The molecule has 0 aromatic carbocycles. The fourth-order valence-electron chi connectivity index (χ4n) is 3.09. The highest BCUT2D eigenvalue weighted by Gasteiger charge is 2.30. The minimum atomic E-state index is 0.0133. The quantitative estimate of drug-likeness (QED) is 0.816. The molecule has 0 spiro atoms. The molecule has 22 heavy (non-hydrogen) atoms. The molecule has 0 bridgehead atoms. The predicted molar refractivity (Wildman–Crippen MR) is 81.3 cm³/mol. The molecule has 1 aromatic heterocycles. The monoisotopic (exact) mass is 300 g/mol. The van der Waals surface area contributed by atoms with Crippen molar-refractivity contribution >= 4 is 11.7 Å². The van der Waals surface area contributed by atoms with Crippen LogP contribution < -0.4 is 4.90 Å². The molecule has 0 N–H and O–H groups in total. The predicted octanol–water partition coefficient (Wildman–Crippen LogP) is 1.03. The average Bonchev–Trinajstić information content (AvgIpc) is 2.62. The van der Waals surface area contributed by atoms with E-state index in [0.717, 1.165) is 25.2 Å². The molecular formula is C16H20N4O2. The number of nitrogens with zero attached hydrogens (tertiary/aromatic N) is 4. The second kappa shape index (κ2) is 6.75. The van der Waals surface area contributed by atoms with E-state index in [1.807, 2.05) is 17.0 Å². The van der Waals surface area contributed by atoms with Gasteiger partial charge in [-0.05, 0) is 25.0 Å². The minimum Gasteiger partial charge on any atom is -0.378 e. The first-order valence-electron chi connectivity index (χ1n) is 7.76. The zero-order valence-electron chi connectivity index (χ0n) is 12.6. The molecule has 3 rings (SSSR count). The second-order valence-corrected chi connectivity index (χ2v) is 5.72. The summed E-state index contributed by atoms with van der Waals surface area (Å²) in [5, 5.41) is 8.97. The van der Waals surface area contributed by atoms with Crippen LogP contribution in [0.5, 0.6) is 0 Å². The van der Waals surface area contributed by atoms with Gasteiger partial charge in [0, 0.05) is 26.2 Å². The highest BCUT2D eigenvalue weighted by molar-refractivity contribution is 5.79. The van der Waals surface area contributed by atoms with Crippen molar-refractivity contribution < 1.29 is 9.53 Å². The Morgan fingerprint density at radius 3 is 2.91 bits per heavy atom. The normalized spacial score (nSPS) is 22.2. The van der Waals surface area contributed by atoms with Gasteiger partial charge >= 0.3 is 0 Å². The van der Waals surface area contributed by atoms with E-state index in [0.29, 0.717) is 38.5 Å². The van der Waals surface area contributed by atoms with Crippen molar-refractivity contribution in [1.29, 1.82) is 5.26 Å². The summed E-state index contributed by atoms with van der Waals surface area (Å²) in [7, 11) is 0. The van der Waals surface area contributed by atoms with Crippen LogP contribution in [-0.4, -0.2) is 55.2 Å². The number of hydrogen-bond acceptors (Lipinski definition) is 5. The molecule has 2 saturated heterocycles. The van der Waals surface area contributed by atoms with Crippen LogP contribution in [0, 0.1) is 17.2 Å². The molecule has 2 aliphatic rings. The Bertz CT molecular complexity index is 578. The van der Waals surface area contributed by atoms with E-state index in [4.69, 9.17) is 10.00 Å². The number of hydrogen-bond donors (Lipinski definition) is 0. The lowest BCUT2D eigenvalue weighted by Gasteiger charge is -2.36. The molecule has 2 fully saturated rings. The third-order valence-electron chi connectivity index (χ3n) is 4.27. The summed E-state index contributed by atoms with van der Waals surface area (Å²) in [6, 6.07) is 7.51. The van der Waals surface area contributed by atoms with Crippen molar-refractivity contribution in [2.75, 3.05) is 44.3 Å². The first kappa shape index (κ1) is 14.8. The van der Waals surface area contributed by atoms with Crippen LogP contribution in [0.1, 0.15) is 18.5 Å². The number of ether oxygens (including phenoxy) is 1. The van der Waals surface area contributed by atoms with Crippen molar-refractivity contribution in [2.45, 2.75) is 12.8 Å². The molecule has 1 unspecified atom stereocenters. The van der Waals surface area contributed by atoms with E-state index in [-0.39, 0.29) is 11.8 Å². The Morgan fingerprint density at radius 1 is 1.32 bits per heavy atom. The van der Waals surface area contributed by atoms with Gasteiger partial charge in [0.15, 0.2) is 0 Å². The highest BCUT2D eigenvalue weighted by Crippen LogP contribution is 2.23. The number of morpholine rings is 1. The summed E-state index contributed by atoms with van der Waals surface area (Å²) >= 11 is 0. The highest BCUT2D eigenvalue weighted by atomic mass is 16.5. The van der Waals surface area contributed by atoms with Gasteiger partial charge in [0.05, 0.1) is 19.1 Å². The molecule has 2 aliphatic heterocycles. The van der Waals surface area contributed by atoms with Crippen molar-refractivity contribution in [2.24, 2.45) is 5.92 Å². The first-order chi connectivity index (χ1) is 10.8. The van der Waals surface area contributed by atoms with E-state index >= 15 is 0 Å². The zero-order chi connectivity index (χ0) is 15.4. The van der Waals surface area contributed by atoms with Gasteiger partial charge in [-0.1, -0.05) is 6.07 Å². The Balaban J connectivity index is 1.68. The second-order valence-electron chi connectivity index (χ2n) is 5.72. The third-order valence-corrected chi connectivity index (χ3v) is 4.27. The van der Waals surface area contributed by atoms with Crippen LogP contribution in [0.25, 0.3) is 0 Å². The molecule has 1 atom stereocenters. The molecule has 0 radical (unpaired) electrons. The SMILES string of the molecule is N#Cc1cccc(N2CCCC(C(=O)N3CCOCC3)C2)n1. The van der Waals surface area contributed by atoms with Crippen LogP contribution >= 0.6 is 0 Å². The molecule has 0 aliphatic carbocycles. The number of anilines is 1. The summed E-state index contributed by atoms with van der Waals surface area (Å²) in [6.45, 7) is 4.21. The van der Waals surface area contributed by atoms with Gasteiger partial charge in [-0.3, -0.25) is 4.79 Å². The van der Waals surface area contributed by atoms with Crippen molar-refractivity contribution in [1.82, 2.24) is 9.88 Å². The number of pyridine rings is 1. The molecule has 3 heterocycles. The number of carbonyl (C=O) groups excluding carboxylic acids is 1. The Kier molecular flexibility index (Phi) is 4.54. The van der Waals surface area contributed by atoms with Gasteiger partial charge in [-0.25, -0.2) is 4.98 Å². The number of aromatic nitrogens is 1. The number of piperidine rings is 1. The molecule has 0 saturated carbocycles. The topological polar surface area (TPSA) is 69.5 Å². The standard InChI is InChI=1S/C16H20N4O2/c17-11-14-4-1-5-15(18-14)20-6-2-3-13(12-20)16(21)19-7-9-22-10-8-19/h1,4-5,13H,2-3,6-10,12H2. The summed E-state index contributed by atoms with van der Waals surface area (Å²) < 4.78 is 5.31. The lowest BCUT2D eigenvalue weighted by Crippen LogP contribution is -2.48.